The van der Waals surface area contributed by atoms with Gasteiger partial charge >= 0.3 is 0 Å². The second-order valence-corrected chi connectivity index (χ2v) is 5.96. The van der Waals surface area contributed by atoms with E-state index in [-0.39, 0.29) is 0 Å². The molecule has 1 aliphatic rings. The van der Waals surface area contributed by atoms with Gasteiger partial charge in [0.2, 0.25) is 5.95 Å². The number of anilines is 1. The van der Waals surface area contributed by atoms with Crippen molar-refractivity contribution in [1.29, 1.82) is 0 Å². The number of piperazine rings is 1. The van der Waals surface area contributed by atoms with Crippen LogP contribution in [0.15, 0.2) is 36.7 Å². The molecule has 110 valence electrons. The highest BCUT2D eigenvalue weighted by atomic mass is 35.5. The number of halogens is 2. The zero-order valence-corrected chi connectivity index (χ0v) is 13.1. The Balaban J connectivity index is 1.60. The summed E-state index contributed by atoms with van der Waals surface area (Å²) in [4.78, 5) is 12.3. The molecule has 0 spiro atoms. The smallest absolute Gasteiger partial charge is 0.225 e. The summed E-state index contributed by atoms with van der Waals surface area (Å²) in [5.41, 5.74) is 1.11. The molecule has 21 heavy (non-hydrogen) atoms. The highest BCUT2D eigenvalue weighted by molar-refractivity contribution is 6.42. The summed E-state index contributed by atoms with van der Waals surface area (Å²) in [6, 6.07) is 7.67. The number of rotatable bonds is 3. The van der Waals surface area contributed by atoms with Crippen molar-refractivity contribution in [3.63, 3.8) is 0 Å². The second kappa shape index (κ2) is 6.60. The van der Waals surface area contributed by atoms with Gasteiger partial charge in [-0.15, -0.1) is 0 Å². The van der Waals surface area contributed by atoms with Gasteiger partial charge in [-0.2, -0.15) is 0 Å². The van der Waals surface area contributed by atoms with Crippen LogP contribution in [0.25, 0.3) is 0 Å². The molecule has 0 unspecified atom stereocenters. The van der Waals surface area contributed by atoms with Crippen molar-refractivity contribution in [3.8, 4) is 0 Å². The minimum atomic E-state index is 0.630. The Kier molecular flexibility index (Phi) is 4.58. The van der Waals surface area contributed by atoms with E-state index in [2.05, 4.69) is 14.9 Å². The molecule has 6 heteroatoms. The van der Waals surface area contributed by atoms with Gasteiger partial charge in [-0.3, -0.25) is 0 Å². The molecule has 2 heterocycles. The van der Waals surface area contributed by atoms with Gasteiger partial charge in [-0.05, 0) is 12.1 Å². The van der Waals surface area contributed by atoms with Gasteiger partial charge < -0.3 is 9.80 Å². The quantitative estimate of drug-likeness (QED) is 0.933. The zero-order chi connectivity index (χ0) is 14.7. The highest BCUT2D eigenvalue weighted by Crippen LogP contribution is 2.24. The Bertz CT molecular complexity index is 598. The Morgan fingerprint density at radius 3 is 2.48 bits per heavy atom. The van der Waals surface area contributed by atoms with Crippen LogP contribution < -0.4 is 9.80 Å². The lowest BCUT2D eigenvalue weighted by Gasteiger charge is -2.32. The van der Waals surface area contributed by atoms with Crippen LogP contribution in [0.2, 0.25) is 10.0 Å². The first-order valence-corrected chi connectivity index (χ1v) is 7.78. The molecule has 1 aromatic heterocycles. The molecule has 0 atom stereocenters. The molecule has 1 aromatic carbocycles. The SMILES string of the molecule is Clc1cccc(C[NH+]2CCN(c3ncccn3)CC2)c1Cl. The third-order valence-corrected chi connectivity index (χ3v) is 4.64. The van der Waals surface area contributed by atoms with Crippen molar-refractivity contribution in [1.82, 2.24) is 9.97 Å². The van der Waals surface area contributed by atoms with Crippen LogP contribution in [0, 0.1) is 0 Å². The molecular weight excluding hydrogens is 307 g/mol. The number of benzene rings is 1. The summed E-state index contributed by atoms with van der Waals surface area (Å²) in [6.07, 6.45) is 3.57. The van der Waals surface area contributed by atoms with E-state index in [0.717, 1.165) is 44.2 Å². The summed E-state index contributed by atoms with van der Waals surface area (Å²) in [5.74, 6) is 0.817. The summed E-state index contributed by atoms with van der Waals surface area (Å²) >= 11 is 12.3. The lowest BCUT2D eigenvalue weighted by molar-refractivity contribution is -0.914. The number of hydrogen-bond donors (Lipinski definition) is 1. The fourth-order valence-electron chi connectivity index (χ4n) is 2.61. The molecule has 2 aromatic rings. The van der Waals surface area contributed by atoms with E-state index >= 15 is 0 Å². The van der Waals surface area contributed by atoms with E-state index in [1.165, 1.54) is 4.90 Å². The van der Waals surface area contributed by atoms with E-state index < -0.39 is 0 Å². The van der Waals surface area contributed by atoms with Crippen molar-refractivity contribution >= 4 is 29.2 Å². The Hall–Kier alpha value is -1.36. The van der Waals surface area contributed by atoms with Gasteiger partial charge in [0, 0.05) is 18.0 Å². The van der Waals surface area contributed by atoms with Crippen LogP contribution in [-0.2, 0) is 6.54 Å². The number of hydrogen-bond acceptors (Lipinski definition) is 3. The predicted molar refractivity (Wildman–Crippen MR) is 85.1 cm³/mol. The molecule has 0 amide bonds. The molecule has 1 aliphatic heterocycles. The lowest BCUT2D eigenvalue weighted by Crippen LogP contribution is -3.13. The average Bonchev–Trinajstić information content (AvgIpc) is 2.53. The lowest BCUT2D eigenvalue weighted by atomic mass is 10.2. The van der Waals surface area contributed by atoms with Gasteiger partial charge in [-0.25, -0.2) is 9.97 Å². The van der Waals surface area contributed by atoms with E-state index in [1.807, 2.05) is 24.3 Å². The van der Waals surface area contributed by atoms with Gasteiger partial charge in [0.25, 0.3) is 0 Å². The van der Waals surface area contributed by atoms with Gasteiger partial charge in [0.1, 0.15) is 6.54 Å². The maximum atomic E-state index is 6.26. The van der Waals surface area contributed by atoms with Gasteiger partial charge in [0.05, 0.1) is 36.2 Å². The third-order valence-electron chi connectivity index (χ3n) is 3.78. The molecule has 0 aliphatic carbocycles. The van der Waals surface area contributed by atoms with E-state index in [0.29, 0.717) is 10.0 Å². The van der Waals surface area contributed by atoms with Crippen LogP contribution in [0.4, 0.5) is 5.95 Å². The van der Waals surface area contributed by atoms with Gasteiger partial charge in [0.15, 0.2) is 0 Å². The Morgan fingerprint density at radius 2 is 1.76 bits per heavy atom. The summed E-state index contributed by atoms with van der Waals surface area (Å²) in [6.45, 7) is 4.90. The third kappa shape index (κ3) is 3.46. The van der Waals surface area contributed by atoms with E-state index in [4.69, 9.17) is 23.2 Å². The van der Waals surface area contributed by atoms with E-state index in [9.17, 15) is 0 Å². The fourth-order valence-corrected chi connectivity index (χ4v) is 3.00. The van der Waals surface area contributed by atoms with E-state index in [1.54, 1.807) is 12.4 Å². The molecule has 1 fully saturated rings. The zero-order valence-electron chi connectivity index (χ0n) is 11.6. The minimum absolute atomic E-state index is 0.630. The normalized spacial score (nSPS) is 16.2. The van der Waals surface area contributed by atoms with Gasteiger partial charge in [-0.1, -0.05) is 35.3 Å². The van der Waals surface area contributed by atoms with Crippen LogP contribution in [0.1, 0.15) is 5.56 Å². The van der Waals surface area contributed by atoms with Crippen LogP contribution >= 0.6 is 23.2 Å². The molecule has 0 bridgehead atoms. The number of nitrogens with zero attached hydrogens (tertiary/aromatic N) is 3. The molecule has 0 saturated carbocycles. The van der Waals surface area contributed by atoms with Crippen LogP contribution in [0.3, 0.4) is 0 Å². The first-order chi connectivity index (χ1) is 10.2. The van der Waals surface area contributed by atoms with Crippen molar-refractivity contribution in [2.24, 2.45) is 0 Å². The summed E-state index contributed by atoms with van der Waals surface area (Å²) in [7, 11) is 0. The molecule has 1 saturated heterocycles. The molecular formula is C15H17Cl2N4+. The molecule has 0 radical (unpaired) electrons. The first-order valence-electron chi connectivity index (χ1n) is 7.02. The minimum Gasteiger partial charge on any atom is -0.330 e. The fraction of sp³-hybridized carbons (Fsp3) is 0.333. The highest BCUT2D eigenvalue weighted by Gasteiger charge is 2.22. The monoisotopic (exact) mass is 323 g/mol. The maximum Gasteiger partial charge on any atom is 0.225 e. The van der Waals surface area contributed by atoms with Crippen molar-refractivity contribution < 1.29 is 4.90 Å². The summed E-state index contributed by atoms with van der Waals surface area (Å²) in [5, 5.41) is 1.31. The topological polar surface area (TPSA) is 33.5 Å². The standard InChI is InChI=1S/C15H16Cl2N4/c16-13-4-1-3-12(14(13)17)11-20-7-9-21(10-8-20)15-18-5-2-6-19-15/h1-6H,7-11H2/p+1. The van der Waals surface area contributed by atoms with Crippen molar-refractivity contribution in [2.75, 3.05) is 31.1 Å². The molecule has 1 N–H and O–H groups in total. The van der Waals surface area contributed by atoms with Crippen molar-refractivity contribution in [3.05, 3.63) is 52.3 Å². The number of nitrogens with one attached hydrogen (secondary N) is 1. The largest absolute Gasteiger partial charge is 0.330 e. The Labute approximate surface area is 134 Å². The average molecular weight is 324 g/mol. The summed E-state index contributed by atoms with van der Waals surface area (Å²) < 4.78 is 0. The molecule has 3 rings (SSSR count). The predicted octanol–water partition coefficient (Wildman–Crippen LogP) is 1.69. The van der Waals surface area contributed by atoms with Crippen LogP contribution in [0.5, 0.6) is 0 Å². The van der Waals surface area contributed by atoms with Crippen LogP contribution in [-0.4, -0.2) is 36.1 Å². The number of aromatic nitrogens is 2. The number of quaternary nitrogens is 1. The first kappa shape index (κ1) is 14.6. The molecule has 4 nitrogen and oxygen atoms in total. The van der Waals surface area contributed by atoms with Crippen molar-refractivity contribution in [2.45, 2.75) is 6.54 Å². The Morgan fingerprint density at radius 1 is 1.05 bits per heavy atom. The second-order valence-electron chi connectivity index (χ2n) is 5.18. The maximum absolute atomic E-state index is 6.26.